The topological polar surface area (TPSA) is 73.2 Å². The van der Waals surface area contributed by atoms with E-state index in [0.29, 0.717) is 13.0 Å². The summed E-state index contributed by atoms with van der Waals surface area (Å²) in [4.78, 5) is 26.0. The highest BCUT2D eigenvalue weighted by atomic mass is 16.2. The lowest BCUT2D eigenvalue weighted by molar-refractivity contribution is -0.153. The number of hydrogen-bond donors (Lipinski definition) is 1. The molecule has 0 radical (unpaired) electrons. The molecule has 5 heteroatoms. The fraction of sp³-hybridized carbons (Fsp3) is 0.438. The number of benzene rings is 1. The molecule has 21 heavy (non-hydrogen) atoms. The Kier molecular flexibility index (Phi) is 2.80. The van der Waals surface area contributed by atoms with Crippen LogP contribution in [0.5, 0.6) is 0 Å². The van der Waals surface area contributed by atoms with Gasteiger partial charge in [-0.3, -0.25) is 9.59 Å². The average Bonchev–Trinajstić information content (AvgIpc) is 2.79. The lowest BCUT2D eigenvalue weighted by atomic mass is 9.75. The number of carbonyl (C=O) groups excluding carboxylic acids is 2. The molecule has 2 heterocycles. The van der Waals surface area contributed by atoms with Crippen molar-refractivity contribution in [3.05, 3.63) is 35.9 Å². The van der Waals surface area contributed by atoms with Crippen LogP contribution >= 0.6 is 0 Å². The molecule has 2 aliphatic heterocycles. The molecule has 5 nitrogen and oxygen atoms in total. The Labute approximate surface area is 123 Å². The van der Waals surface area contributed by atoms with E-state index in [9.17, 15) is 14.9 Å². The van der Waals surface area contributed by atoms with Crippen molar-refractivity contribution in [1.82, 2.24) is 10.2 Å². The number of nitrogens with zero attached hydrogens (tertiary/aromatic N) is 2. The molecule has 3 rings (SSSR count). The molecule has 2 aliphatic rings. The second kappa shape index (κ2) is 4.32. The van der Waals surface area contributed by atoms with Gasteiger partial charge >= 0.3 is 0 Å². The summed E-state index contributed by atoms with van der Waals surface area (Å²) in [6, 6.07) is 11.4. The molecule has 0 aliphatic carbocycles. The van der Waals surface area contributed by atoms with Crippen LogP contribution in [0, 0.1) is 16.7 Å². The number of β-lactam (4-membered cyclic amide) rings is 1. The number of carbonyl (C=O) groups is 2. The van der Waals surface area contributed by atoms with E-state index < -0.39 is 17.0 Å². The van der Waals surface area contributed by atoms with Gasteiger partial charge in [0, 0.05) is 13.3 Å². The Hall–Kier alpha value is -2.35. The fourth-order valence-electron chi connectivity index (χ4n) is 3.76. The minimum absolute atomic E-state index is 0.155. The van der Waals surface area contributed by atoms with Crippen molar-refractivity contribution >= 4 is 11.8 Å². The first-order chi connectivity index (χ1) is 9.94. The van der Waals surface area contributed by atoms with Crippen LogP contribution in [0.1, 0.15) is 31.9 Å². The molecule has 0 aromatic heterocycles. The molecule has 1 aromatic rings. The molecular weight excluding hydrogens is 266 g/mol. The molecule has 108 valence electrons. The molecule has 1 aromatic carbocycles. The Balaban J connectivity index is 2.16. The van der Waals surface area contributed by atoms with Gasteiger partial charge in [0.1, 0.15) is 5.54 Å². The molecule has 3 atom stereocenters. The third-order valence-corrected chi connectivity index (χ3v) is 4.66. The van der Waals surface area contributed by atoms with Crippen LogP contribution in [0.25, 0.3) is 0 Å². The highest BCUT2D eigenvalue weighted by Crippen LogP contribution is 2.55. The van der Waals surface area contributed by atoms with Gasteiger partial charge in [0.05, 0.1) is 24.1 Å². The fourth-order valence-corrected chi connectivity index (χ4v) is 3.76. The van der Waals surface area contributed by atoms with Crippen molar-refractivity contribution in [2.75, 3.05) is 6.54 Å². The van der Waals surface area contributed by atoms with Gasteiger partial charge in [0.25, 0.3) is 0 Å². The molecular formula is C16H17N3O2. The number of nitriles is 1. The van der Waals surface area contributed by atoms with Gasteiger partial charge in [-0.15, -0.1) is 0 Å². The Morgan fingerprint density at radius 1 is 1.43 bits per heavy atom. The van der Waals surface area contributed by atoms with Crippen LogP contribution in [0.3, 0.4) is 0 Å². The standard InChI is InChI=1S/C16H17N3O2/c1-11(20)19-13(12-6-4-3-5-7-12)15(2,9-17)8-16(19)10-18-14(16)21/h3-7,13H,8,10H2,1-2H3,(H,18,21). The van der Waals surface area contributed by atoms with Crippen molar-refractivity contribution in [3.63, 3.8) is 0 Å². The van der Waals surface area contributed by atoms with Gasteiger partial charge in [0.2, 0.25) is 11.8 Å². The summed E-state index contributed by atoms with van der Waals surface area (Å²) in [5.41, 5.74) is -0.741. The number of nitrogens with one attached hydrogen (secondary N) is 1. The third-order valence-electron chi connectivity index (χ3n) is 4.66. The molecule has 0 bridgehead atoms. The van der Waals surface area contributed by atoms with Gasteiger partial charge in [-0.25, -0.2) is 0 Å². The lowest BCUT2D eigenvalue weighted by Gasteiger charge is -2.45. The summed E-state index contributed by atoms with van der Waals surface area (Å²) < 4.78 is 0. The first kappa shape index (κ1) is 13.6. The van der Waals surface area contributed by atoms with Crippen LogP contribution < -0.4 is 5.32 Å². The van der Waals surface area contributed by atoms with E-state index in [1.165, 1.54) is 6.92 Å². The summed E-state index contributed by atoms with van der Waals surface area (Å²) in [6.07, 6.45) is 0.376. The van der Waals surface area contributed by atoms with E-state index in [1.54, 1.807) is 4.90 Å². The zero-order valence-electron chi connectivity index (χ0n) is 12.1. The van der Waals surface area contributed by atoms with Gasteiger partial charge < -0.3 is 10.2 Å². The predicted molar refractivity (Wildman–Crippen MR) is 75.8 cm³/mol. The molecule has 1 N–H and O–H groups in total. The maximum Gasteiger partial charge on any atom is 0.248 e. The molecule has 1 spiro atoms. The van der Waals surface area contributed by atoms with E-state index in [0.717, 1.165) is 5.56 Å². The largest absolute Gasteiger partial charge is 0.351 e. The zero-order valence-corrected chi connectivity index (χ0v) is 12.1. The molecule has 2 saturated heterocycles. The second-order valence-corrected chi connectivity index (χ2v) is 6.12. The van der Waals surface area contributed by atoms with Crippen molar-refractivity contribution in [2.24, 2.45) is 5.41 Å². The molecule has 2 amide bonds. The Morgan fingerprint density at radius 3 is 2.52 bits per heavy atom. The highest BCUT2D eigenvalue weighted by molar-refractivity contribution is 5.97. The summed E-state index contributed by atoms with van der Waals surface area (Å²) in [5, 5.41) is 12.4. The molecule has 0 saturated carbocycles. The lowest BCUT2D eigenvalue weighted by Crippen LogP contribution is -2.71. The van der Waals surface area contributed by atoms with Crippen LogP contribution in [0.15, 0.2) is 30.3 Å². The van der Waals surface area contributed by atoms with Crippen molar-refractivity contribution in [1.29, 1.82) is 5.26 Å². The minimum Gasteiger partial charge on any atom is -0.351 e. The average molecular weight is 283 g/mol. The van der Waals surface area contributed by atoms with E-state index in [1.807, 2.05) is 37.3 Å². The molecule has 3 unspecified atom stereocenters. The first-order valence-electron chi connectivity index (χ1n) is 6.99. The zero-order chi connectivity index (χ0) is 15.3. The Morgan fingerprint density at radius 2 is 2.10 bits per heavy atom. The van der Waals surface area contributed by atoms with Gasteiger partial charge in [-0.1, -0.05) is 30.3 Å². The van der Waals surface area contributed by atoms with Gasteiger partial charge in [0.15, 0.2) is 0 Å². The maximum atomic E-state index is 12.2. The van der Waals surface area contributed by atoms with Crippen LogP contribution in [-0.2, 0) is 9.59 Å². The van der Waals surface area contributed by atoms with Crippen molar-refractivity contribution in [3.8, 4) is 6.07 Å². The SMILES string of the molecule is CC(=O)N1C(c2ccccc2)C(C)(C#N)CC12CNC2=O. The quantitative estimate of drug-likeness (QED) is 0.791. The number of likely N-dealkylation sites (tertiary alicyclic amines) is 1. The van der Waals surface area contributed by atoms with E-state index in [2.05, 4.69) is 11.4 Å². The smallest absolute Gasteiger partial charge is 0.248 e. The highest BCUT2D eigenvalue weighted by Gasteiger charge is 2.66. The number of amides is 2. The minimum atomic E-state index is -0.864. The van der Waals surface area contributed by atoms with Crippen molar-refractivity contribution in [2.45, 2.75) is 31.8 Å². The summed E-state index contributed by atoms with van der Waals surface area (Å²) in [7, 11) is 0. The Bertz CT molecular complexity index is 651. The summed E-state index contributed by atoms with van der Waals surface area (Å²) >= 11 is 0. The van der Waals surface area contributed by atoms with Crippen molar-refractivity contribution < 1.29 is 9.59 Å². The summed E-state index contributed by atoms with van der Waals surface area (Å²) in [5.74, 6) is -0.324. The monoisotopic (exact) mass is 283 g/mol. The second-order valence-electron chi connectivity index (χ2n) is 6.12. The van der Waals surface area contributed by atoms with Gasteiger partial charge in [-0.2, -0.15) is 5.26 Å². The number of hydrogen-bond acceptors (Lipinski definition) is 3. The van der Waals surface area contributed by atoms with Crippen LogP contribution in [0.4, 0.5) is 0 Å². The van der Waals surface area contributed by atoms with E-state index >= 15 is 0 Å². The van der Waals surface area contributed by atoms with Crippen LogP contribution in [-0.4, -0.2) is 28.8 Å². The van der Waals surface area contributed by atoms with E-state index in [4.69, 9.17) is 0 Å². The van der Waals surface area contributed by atoms with Crippen LogP contribution in [0.2, 0.25) is 0 Å². The predicted octanol–water partition coefficient (Wildman–Crippen LogP) is 1.38. The van der Waals surface area contributed by atoms with Gasteiger partial charge in [-0.05, 0) is 12.5 Å². The first-order valence-corrected chi connectivity index (χ1v) is 6.99. The maximum absolute atomic E-state index is 12.2. The third kappa shape index (κ3) is 1.69. The normalized spacial score (nSPS) is 34.2. The molecule has 2 fully saturated rings. The summed E-state index contributed by atoms with van der Waals surface area (Å²) in [6.45, 7) is 3.72. The number of rotatable bonds is 1. The van der Waals surface area contributed by atoms with E-state index in [-0.39, 0.29) is 11.8 Å².